The van der Waals surface area contributed by atoms with Gasteiger partial charge in [-0.05, 0) is 30.7 Å². The molecular weight excluding hydrogens is 434 g/mol. The van der Waals surface area contributed by atoms with E-state index in [4.69, 9.17) is 9.84 Å². The maximum absolute atomic E-state index is 13.2. The predicted molar refractivity (Wildman–Crippen MR) is 127 cm³/mol. The molecule has 3 aromatic rings. The summed E-state index contributed by atoms with van der Waals surface area (Å²) in [5, 5.41) is 20.2. The topological polar surface area (TPSA) is 104 Å². The lowest BCUT2D eigenvalue weighted by molar-refractivity contribution is -0.136. The first-order valence-electron chi connectivity index (χ1n) is 10.6. The smallest absolute Gasteiger partial charge is 0.307 e. The van der Waals surface area contributed by atoms with Gasteiger partial charge < -0.3 is 14.9 Å². The normalized spacial score (nSPS) is 17.1. The number of aliphatic carboxylic acids is 1. The number of aliphatic hydroxyl groups is 1. The highest BCUT2D eigenvalue weighted by atomic mass is 16.5. The van der Waals surface area contributed by atoms with E-state index in [0.717, 1.165) is 5.56 Å². The van der Waals surface area contributed by atoms with Crippen molar-refractivity contribution in [3.63, 3.8) is 0 Å². The number of Topliss-reactive ketones (excluding diaryl/α,β-unsaturated/α-hetero) is 1. The first-order valence-corrected chi connectivity index (χ1v) is 10.6. The van der Waals surface area contributed by atoms with Gasteiger partial charge in [0.05, 0.1) is 25.1 Å². The Hall–Kier alpha value is -4.39. The van der Waals surface area contributed by atoms with Crippen LogP contribution in [0.5, 0.6) is 5.75 Å². The Kier molecular flexibility index (Phi) is 6.19. The van der Waals surface area contributed by atoms with Crippen LogP contribution in [0, 0.1) is 6.92 Å². The molecule has 1 aliphatic heterocycles. The number of ether oxygens (including phenoxy) is 1. The number of rotatable bonds is 6. The Morgan fingerprint density at radius 2 is 1.59 bits per heavy atom. The number of methoxy groups -OCH3 is 1. The monoisotopic (exact) mass is 457 g/mol. The largest absolute Gasteiger partial charge is 0.507 e. The quantitative estimate of drug-likeness (QED) is 0.326. The molecule has 1 unspecified atom stereocenters. The fraction of sp³-hybridized carbons (Fsp3) is 0.148. The van der Waals surface area contributed by atoms with Crippen LogP contribution >= 0.6 is 0 Å². The van der Waals surface area contributed by atoms with Crippen molar-refractivity contribution in [2.45, 2.75) is 19.4 Å². The number of hydrogen-bond acceptors (Lipinski definition) is 5. The molecule has 0 saturated carbocycles. The summed E-state index contributed by atoms with van der Waals surface area (Å²) in [5.41, 5.74) is 2.84. The summed E-state index contributed by atoms with van der Waals surface area (Å²) in [4.78, 5) is 38.8. The van der Waals surface area contributed by atoms with Crippen molar-refractivity contribution >= 4 is 29.1 Å². The molecule has 3 aromatic carbocycles. The van der Waals surface area contributed by atoms with E-state index in [2.05, 4.69) is 0 Å². The first-order chi connectivity index (χ1) is 16.3. The van der Waals surface area contributed by atoms with Crippen molar-refractivity contribution in [2.75, 3.05) is 12.0 Å². The van der Waals surface area contributed by atoms with Gasteiger partial charge in [-0.15, -0.1) is 0 Å². The molecule has 7 nitrogen and oxygen atoms in total. The van der Waals surface area contributed by atoms with E-state index in [9.17, 15) is 19.5 Å². The molecule has 1 amide bonds. The molecule has 172 valence electrons. The summed E-state index contributed by atoms with van der Waals surface area (Å²) in [7, 11) is 1.49. The lowest BCUT2D eigenvalue weighted by Crippen LogP contribution is -2.29. The number of hydrogen-bond donors (Lipinski definition) is 2. The van der Waals surface area contributed by atoms with Crippen molar-refractivity contribution in [3.05, 3.63) is 101 Å². The van der Waals surface area contributed by atoms with Crippen molar-refractivity contribution < 1.29 is 29.3 Å². The Balaban J connectivity index is 1.91. The predicted octanol–water partition coefficient (Wildman–Crippen LogP) is 4.26. The molecule has 0 spiro atoms. The summed E-state index contributed by atoms with van der Waals surface area (Å²) in [6.45, 7) is 1.91. The zero-order valence-corrected chi connectivity index (χ0v) is 18.7. The third kappa shape index (κ3) is 4.15. The minimum atomic E-state index is -0.972. The zero-order chi connectivity index (χ0) is 24.4. The SMILES string of the molecule is COc1ccccc1C1/C(=C(/O)c2ccc(C)cc2)C(=O)C(=O)N1c1ccc(CC(=O)O)cc1. The second-order valence-corrected chi connectivity index (χ2v) is 8.01. The van der Waals surface area contributed by atoms with Gasteiger partial charge in [-0.1, -0.05) is 60.2 Å². The number of carbonyl (C=O) groups excluding carboxylic acids is 2. The van der Waals surface area contributed by atoms with Crippen molar-refractivity contribution in [1.82, 2.24) is 0 Å². The van der Waals surface area contributed by atoms with Crippen LogP contribution in [-0.4, -0.2) is 35.0 Å². The number of para-hydroxylation sites is 1. The number of anilines is 1. The number of carboxylic acid groups (broad SMARTS) is 1. The van der Waals surface area contributed by atoms with E-state index in [0.29, 0.717) is 28.1 Å². The molecule has 1 atom stereocenters. The van der Waals surface area contributed by atoms with Gasteiger partial charge in [-0.25, -0.2) is 0 Å². The van der Waals surface area contributed by atoms with Crippen LogP contribution in [-0.2, 0) is 20.8 Å². The maximum Gasteiger partial charge on any atom is 0.307 e. The average molecular weight is 457 g/mol. The zero-order valence-electron chi connectivity index (χ0n) is 18.7. The van der Waals surface area contributed by atoms with E-state index < -0.39 is 23.7 Å². The molecule has 1 heterocycles. The standard InChI is InChI=1S/C27H23NO6/c1-16-7-11-18(12-8-16)25(31)23-24(20-5-3-4-6-21(20)34-2)28(27(33)26(23)32)19-13-9-17(10-14-19)15-22(29)30/h3-14,24,31H,15H2,1-2H3,(H,29,30)/b25-23-. The Morgan fingerprint density at radius 1 is 0.941 bits per heavy atom. The summed E-state index contributed by atoms with van der Waals surface area (Å²) in [5.74, 6) is -2.41. The third-order valence-electron chi connectivity index (χ3n) is 5.77. The van der Waals surface area contributed by atoms with Crippen molar-refractivity contribution in [3.8, 4) is 5.75 Å². The highest BCUT2D eigenvalue weighted by Gasteiger charge is 2.47. The molecule has 0 aliphatic carbocycles. The Bertz CT molecular complexity index is 1290. The van der Waals surface area contributed by atoms with Gasteiger partial charge in [0.2, 0.25) is 0 Å². The van der Waals surface area contributed by atoms with Gasteiger partial charge >= 0.3 is 5.97 Å². The van der Waals surface area contributed by atoms with Gasteiger partial charge in [0.15, 0.2) is 0 Å². The number of ketones is 1. The molecule has 0 radical (unpaired) electrons. The van der Waals surface area contributed by atoms with E-state index in [1.807, 2.05) is 19.1 Å². The van der Waals surface area contributed by atoms with Crippen LogP contribution in [0.3, 0.4) is 0 Å². The fourth-order valence-corrected chi connectivity index (χ4v) is 4.10. The molecule has 7 heteroatoms. The second kappa shape index (κ2) is 9.23. The molecule has 1 fully saturated rings. The number of aryl methyl sites for hydroxylation is 1. The molecule has 1 aliphatic rings. The minimum Gasteiger partial charge on any atom is -0.507 e. The summed E-state index contributed by atoms with van der Waals surface area (Å²) >= 11 is 0. The Labute approximate surface area is 196 Å². The van der Waals surface area contributed by atoms with Crippen molar-refractivity contribution in [1.29, 1.82) is 0 Å². The molecule has 4 rings (SSSR count). The van der Waals surface area contributed by atoms with E-state index in [1.165, 1.54) is 12.0 Å². The minimum absolute atomic E-state index is 0.0482. The lowest BCUT2D eigenvalue weighted by atomic mass is 9.94. The number of carbonyl (C=O) groups is 3. The fourth-order valence-electron chi connectivity index (χ4n) is 4.10. The van der Waals surface area contributed by atoms with Gasteiger partial charge in [0, 0.05) is 16.8 Å². The average Bonchev–Trinajstić information content (AvgIpc) is 3.09. The molecule has 34 heavy (non-hydrogen) atoms. The summed E-state index contributed by atoms with van der Waals surface area (Å²) in [6, 6.07) is 19.4. The van der Waals surface area contributed by atoms with E-state index >= 15 is 0 Å². The number of nitrogens with zero attached hydrogens (tertiary/aromatic N) is 1. The summed E-state index contributed by atoms with van der Waals surface area (Å²) < 4.78 is 5.51. The van der Waals surface area contributed by atoms with Crippen LogP contribution in [0.2, 0.25) is 0 Å². The number of carboxylic acids is 1. The Morgan fingerprint density at radius 3 is 2.21 bits per heavy atom. The van der Waals surface area contributed by atoms with Crippen LogP contribution in [0.25, 0.3) is 5.76 Å². The number of aliphatic hydroxyl groups excluding tert-OH is 1. The third-order valence-corrected chi connectivity index (χ3v) is 5.77. The first kappa shape index (κ1) is 22.8. The molecule has 1 saturated heterocycles. The van der Waals surface area contributed by atoms with Gasteiger partial charge in [-0.2, -0.15) is 0 Å². The van der Waals surface area contributed by atoms with Gasteiger partial charge in [-0.3, -0.25) is 19.3 Å². The van der Waals surface area contributed by atoms with E-state index in [-0.39, 0.29) is 17.8 Å². The second-order valence-electron chi connectivity index (χ2n) is 8.01. The van der Waals surface area contributed by atoms with Crippen LogP contribution in [0.15, 0.2) is 78.4 Å². The highest BCUT2D eigenvalue weighted by Crippen LogP contribution is 2.44. The van der Waals surface area contributed by atoms with E-state index in [1.54, 1.807) is 60.7 Å². The molecule has 2 N–H and O–H groups in total. The molecular formula is C27H23NO6. The van der Waals surface area contributed by atoms with Crippen LogP contribution in [0.4, 0.5) is 5.69 Å². The molecule has 0 bridgehead atoms. The number of amides is 1. The molecule has 0 aromatic heterocycles. The highest BCUT2D eigenvalue weighted by molar-refractivity contribution is 6.51. The van der Waals surface area contributed by atoms with Gasteiger partial charge in [0.1, 0.15) is 11.5 Å². The van der Waals surface area contributed by atoms with Crippen molar-refractivity contribution in [2.24, 2.45) is 0 Å². The maximum atomic E-state index is 13.2. The van der Waals surface area contributed by atoms with Crippen LogP contribution in [0.1, 0.15) is 28.3 Å². The number of benzene rings is 3. The summed E-state index contributed by atoms with van der Waals surface area (Å²) in [6.07, 6.45) is -0.164. The van der Waals surface area contributed by atoms with Gasteiger partial charge in [0.25, 0.3) is 11.7 Å². The lowest BCUT2D eigenvalue weighted by Gasteiger charge is -2.26. The van der Waals surface area contributed by atoms with Crippen LogP contribution < -0.4 is 9.64 Å².